The second-order valence-electron chi connectivity index (χ2n) is 4.46. The number of fused-ring (bicyclic) bond motifs is 1. The van der Waals surface area contributed by atoms with Crippen molar-refractivity contribution >= 4 is 33.3 Å². The smallest absolute Gasteiger partial charge is 0.328 e. The van der Waals surface area contributed by atoms with Crippen molar-refractivity contribution in [3.05, 3.63) is 29.1 Å². The second kappa shape index (κ2) is 6.58. The lowest BCUT2D eigenvalue weighted by Gasteiger charge is -2.11. The van der Waals surface area contributed by atoms with E-state index in [0.717, 1.165) is 15.8 Å². The van der Waals surface area contributed by atoms with Gasteiger partial charge < -0.3 is 14.8 Å². The number of ether oxygens (including phenoxy) is 2. The van der Waals surface area contributed by atoms with Crippen LogP contribution in [-0.2, 0) is 9.53 Å². The van der Waals surface area contributed by atoms with Gasteiger partial charge in [-0.3, -0.25) is 4.79 Å². The fourth-order valence-electron chi connectivity index (χ4n) is 1.85. The van der Waals surface area contributed by atoms with Gasteiger partial charge in [0.1, 0.15) is 11.8 Å². The quantitative estimate of drug-likeness (QED) is 0.862. The molecule has 6 heteroatoms. The fraction of sp³-hybridized carbons (Fsp3) is 0.333. The average molecular weight is 307 g/mol. The minimum absolute atomic E-state index is 0.282. The van der Waals surface area contributed by atoms with Crippen LogP contribution in [0.3, 0.4) is 0 Å². The number of methoxy groups -OCH3 is 1. The summed E-state index contributed by atoms with van der Waals surface area (Å²) < 4.78 is 11.0. The standard InChI is InChI=1S/C15H17NO4S/c1-4-20-15(18)9(2)16-14(17)13-8-10-7-11(19-3)5-6-12(10)21-13/h5-9H,4H2,1-3H3,(H,16,17)/t9-/m0/s1. The van der Waals surface area contributed by atoms with Gasteiger partial charge >= 0.3 is 5.97 Å². The molecule has 0 aliphatic rings. The van der Waals surface area contributed by atoms with Crippen LogP contribution in [0.25, 0.3) is 10.1 Å². The third-order valence-electron chi connectivity index (χ3n) is 2.94. The van der Waals surface area contributed by atoms with Gasteiger partial charge in [0.2, 0.25) is 0 Å². The summed E-state index contributed by atoms with van der Waals surface area (Å²) in [6.07, 6.45) is 0. The predicted molar refractivity (Wildman–Crippen MR) is 81.9 cm³/mol. The van der Waals surface area contributed by atoms with Gasteiger partial charge in [-0.25, -0.2) is 4.79 Å². The van der Waals surface area contributed by atoms with Crippen molar-refractivity contribution in [3.8, 4) is 5.75 Å². The number of thiophene rings is 1. The average Bonchev–Trinajstić information content (AvgIpc) is 2.90. The first-order valence-electron chi connectivity index (χ1n) is 6.60. The third-order valence-corrected chi connectivity index (χ3v) is 4.05. The van der Waals surface area contributed by atoms with Crippen LogP contribution in [0, 0.1) is 0 Å². The number of benzene rings is 1. The summed E-state index contributed by atoms with van der Waals surface area (Å²) in [5.41, 5.74) is 0. The van der Waals surface area contributed by atoms with E-state index >= 15 is 0 Å². The Bertz CT molecular complexity index is 665. The van der Waals surface area contributed by atoms with Crippen LogP contribution in [0.2, 0.25) is 0 Å². The van der Waals surface area contributed by atoms with Crippen LogP contribution in [0.1, 0.15) is 23.5 Å². The molecule has 1 aromatic heterocycles. The monoisotopic (exact) mass is 307 g/mol. The molecular weight excluding hydrogens is 290 g/mol. The molecule has 0 fully saturated rings. The number of esters is 1. The summed E-state index contributed by atoms with van der Waals surface area (Å²) in [5.74, 6) is 0.0245. The van der Waals surface area contributed by atoms with Crippen molar-refractivity contribution in [2.45, 2.75) is 19.9 Å². The summed E-state index contributed by atoms with van der Waals surface area (Å²) in [6, 6.07) is 6.75. The Morgan fingerprint density at radius 3 is 2.76 bits per heavy atom. The van der Waals surface area contributed by atoms with Crippen LogP contribution in [0.4, 0.5) is 0 Å². The molecule has 1 heterocycles. The lowest BCUT2D eigenvalue weighted by Crippen LogP contribution is -2.39. The van der Waals surface area contributed by atoms with E-state index in [-0.39, 0.29) is 5.91 Å². The number of amides is 1. The van der Waals surface area contributed by atoms with Gasteiger partial charge in [-0.15, -0.1) is 11.3 Å². The maximum atomic E-state index is 12.1. The number of carbonyl (C=O) groups excluding carboxylic acids is 2. The Kier molecular flexibility index (Phi) is 4.80. The van der Waals surface area contributed by atoms with Crippen molar-refractivity contribution in [2.24, 2.45) is 0 Å². The molecule has 0 aliphatic heterocycles. The lowest BCUT2D eigenvalue weighted by atomic mass is 10.2. The first kappa shape index (κ1) is 15.3. The Hall–Kier alpha value is -2.08. The SMILES string of the molecule is CCOC(=O)[C@H](C)NC(=O)c1cc2cc(OC)ccc2s1. The molecule has 0 unspecified atom stereocenters. The van der Waals surface area contributed by atoms with Crippen molar-refractivity contribution in [3.63, 3.8) is 0 Å². The van der Waals surface area contributed by atoms with Gasteiger partial charge in [-0.1, -0.05) is 0 Å². The molecule has 21 heavy (non-hydrogen) atoms. The molecule has 112 valence electrons. The van der Waals surface area contributed by atoms with Crippen LogP contribution in [0.5, 0.6) is 5.75 Å². The zero-order valence-electron chi connectivity index (χ0n) is 12.1. The lowest BCUT2D eigenvalue weighted by molar-refractivity contribution is -0.144. The van der Waals surface area contributed by atoms with Gasteiger partial charge in [0.05, 0.1) is 18.6 Å². The number of hydrogen-bond donors (Lipinski definition) is 1. The highest BCUT2D eigenvalue weighted by atomic mass is 32.1. The second-order valence-corrected chi connectivity index (χ2v) is 5.55. The summed E-state index contributed by atoms with van der Waals surface area (Å²) >= 11 is 1.37. The molecule has 0 saturated carbocycles. The maximum absolute atomic E-state index is 12.1. The summed E-state index contributed by atoms with van der Waals surface area (Å²) in [4.78, 5) is 24.2. The zero-order valence-corrected chi connectivity index (χ0v) is 13.0. The van der Waals surface area contributed by atoms with Gasteiger partial charge in [-0.05, 0) is 43.5 Å². The number of carbonyl (C=O) groups is 2. The molecule has 1 N–H and O–H groups in total. The zero-order chi connectivity index (χ0) is 15.4. The Labute approximate surface area is 126 Å². The highest BCUT2D eigenvalue weighted by molar-refractivity contribution is 7.20. The van der Waals surface area contributed by atoms with Crippen molar-refractivity contribution < 1.29 is 19.1 Å². The fourth-order valence-corrected chi connectivity index (χ4v) is 2.80. The van der Waals surface area contributed by atoms with E-state index in [9.17, 15) is 9.59 Å². The summed E-state index contributed by atoms with van der Waals surface area (Å²) in [7, 11) is 1.60. The van der Waals surface area contributed by atoms with Crippen LogP contribution >= 0.6 is 11.3 Å². The van der Waals surface area contributed by atoms with Crippen molar-refractivity contribution in [1.82, 2.24) is 5.32 Å². The van der Waals surface area contributed by atoms with E-state index in [1.165, 1.54) is 11.3 Å². The largest absolute Gasteiger partial charge is 0.497 e. The maximum Gasteiger partial charge on any atom is 0.328 e. The molecule has 1 amide bonds. The van der Waals surface area contributed by atoms with E-state index in [1.54, 1.807) is 27.0 Å². The van der Waals surface area contributed by atoms with Crippen LogP contribution in [0.15, 0.2) is 24.3 Å². The molecule has 5 nitrogen and oxygen atoms in total. The number of hydrogen-bond acceptors (Lipinski definition) is 5. The molecule has 0 bridgehead atoms. The topological polar surface area (TPSA) is 64.6 Å². The normalized spacial score (nSPS) is 12.0. The van der Waals surface area contributed by atoms with Gasteiger partial charge in [-0.2, -0.15) is 0 Å². The minimum atomic E-state index is -0.669. The van der Waals surface area contributed by atoms with E-state index in [1.807, 2.05) is 18.2 Å². The summed E-state index contributed by atoms with van der Waals surface area (Å²) in [6.45, 7) is 3.62. The highest BCUT2D eigenvalue weighted by Crippen LogP contribution is 2.28. The molecule has 0 aliphatic carbocycles. The van der Waals surface area contributed by atoms with E-state index in [4.69, 9.17) is 9.47 Å². The molecule has 2 aromatic rings. The molecule has 0 saturated heterocycles. The predicted octanol–water partition coefficient (Wildman–Crippen LogP) is 2.59. The molecular formula is C15H17NO4S. The first-order valence-corrected chi connectivity index (χ1v) is 7.42. The van der Waals surface area contributed by atoms with Crippen LogP contribution < -0.4 is 10.1 Å². The van der Waals surface area contributed by atoms with E-state index < -0.39 is 12.0 Å². The molecule has 0 radical (unpaired) electrons. The van der Waals surface area contributed by atoms with Crippen LogP contribution in [-0.4, -0.2) is 31.6 Å². The highest BCUT2D eigenvalue weighted by Gasteiger charge is 2.19. The number of rotatable bonds is 5. The minimum Gasteiger partial charge on any atom is -0.497 e. The Balaban J connectivity index is 2.14. The first-order chi connectivity index (χ1) is 10.0. The summed E-state index contributed by atoms with van der Waals surface area (Å²) in [5, 5.41) is 3.57. The molecule has 1 aromatic carbocycles. The van der Waals surface area contributed by atoms with Gasteiger partial charge in [0.25, 0.3) is 5.91 Å². The Morgan fingerprint density at radius 1 is 1.33 bits per heavy atom. The van der Waals surface area contributed by atoms with Gasteiger partial charge in [0.15, 0.2) is 0 Å². The Morgan fingerprint density at radius 2 is 2.10 bits per heavy atom. The van der Waals surface area contributed by atoms with E-state index in [2.05, 4.69) is 5.32 Å². The van der Waals surface area contributed by atoms with E-state index in [0.29, 0.717) is 11.5 Å². The third kappa shape index (κ3) is 3.52. The molecule has 0 spiro atoms. The van der Waals surface area contributed by atoms with Crippen molar-refractivity contribution in [2.75, 3.05) is 13.7 Å². The van der Waals surface area contributed by atoms with Gasteiger partial charge in [0, 0.05) is 4.70 Å². The molecule has 2 rings (SSSR count). The number of nitrogens with one attached hydrogen (secondary N) is 1. The van der Waals surface area contributed by atoms with Crippen molar-refractivity contribution in [1.29, 1.82) is 0 Å². The molecule has 1 atom stereocenters.